The molecular weight excluding hydrogens is 345 g/mol. The first-order chi connectivity index (χ1) is 10.6. The Morgan fingerprint density at radius 1 is 1.25 bits per heavy atom. The molecule has 0 aliphatic rings. The van der Waals surface area contributed by atoms with E-state index in [1.165, 1.54) is 0 Å². The van der Waals surface area contributed by atoms with Crippen molar-refractivity contribution >= 4 is 21.6 Å². The van der Waals surface area contributed by atoms with Gasteiger partial charge in [0.1, 0.15) is 4.83 Å². The number of rotatable bonds is 4. The van der Waals surface area contributed by atoms with Crippen LogP contribution in [0.2, 0.25) is 0 Å². The Bertz CT molecular complexity index is 849. The molecule has 0 aliphatic heterocycles. The molecule has 2 aromatic rings. The number of hydrogen-bond acceptors (Lipinski definition) is 5. The largest absolute Gasteiger partial charge is 0.390 e. The summed E-state index contributed by atoms with van der Waals surface area (Å²) in [5.41, 5.74) is 5.07. The number of nitrogens with two attached hydrogens (primary N) is 1. The van der Waals surface area contributed by atoms with Crippen molar-refractivity contribution in [1.29, 1.82) is 0 Å². The van der Waals surface area contributed by atoms with Crippen LogP contribution >= 0.6 is 11.3 Å². The first kappa shape index (κ1) is 20.4. The Labute approximate surface area is 140 Å². The van der Waals surface area contributed by atoms with E-state index in [2.05, 4.69) is 0 Å². The van der Waals surface area contributed by atoms with Gasteiger partial charge in [-0.25, -0.2) is 4.79 Å². The lowest BCUT2D eigenvalue weighted by Crippen LogP contribution is -2.41. The van der Waals surface area contributed by atoms with Crippen molar-refractivity contribution in [3.63, 3.8) is 0 Å². The molecule has 0 aromatic carbocycles. The first-order valence-corrected chi connectivity index (χ1v) is 7.94. The van der Waals surface area contributed by atoms with Gasteiger partial charge >= 0.3 is 11.9 Å². The summed E-state index contributed by atoms with van der Waals surface area (Å²) in [6.45, 7) is 4.64. The summed E-state index contributed by atoms with van der Waals surface area (Å²) in [6, 6.07) is -0.447. The van der Waals surface area contributed by atoms with E-state index in [-0.39, 0.29) is 22.9 Å². The van der Waals surface area contributed by atoms with E-state index < -0.39 is 36.4 Å². The minimum Gasteiger partial charge on any atom is -0.344 e. The van der Waals surface area contributed by atoms with Gasteiger partial charge in [0, 0.05) is 24.0 Å². The lowest BCUT2D eigenvalue weighted by Gasteiger charge is -2.15. The molecule has 0 aliphatic carbocycles. The molecule has 0 atom stereocenters. The number of thiophene rings is 1. The summed E-state index contributed by atoms with van der Waals surface area (Å²) in [5.74, 6) is 0. The summed E-state index contributed by atoms with van der Waals surface area (Å²) in [7, 11) is 0. The predicted octanol–water partition coefficient (Wildman–Crippen LogP) is 2.69. The molecule has 2 rings (SSSR count). The van der Waals surface area contributed by atoms with Gasteiger partial charge in [0.2, 0.25) is 0 Å². The zero-order chi connectivity index (χ0) is 17.5. The van der Waals surface area contributed by atoms with Crippen LogP contribution in [0.5, 0.6) is 0 Å². The van der Waals surface area contributed by atoms with Crippen molar-refractivity contribution in [3.05, 3.63) is 31.3 Å². The fourth-order valence-electron chi connectivity index (χ4n) is 2.50. The standard InChI is InChI=1S/C14H18F3N3O2S.H3N/c1-7(2)20-11(21)10-8(3)9(6-18)23-12(10)19(13(20)22)5-4-14(15,16)17;/h7H,4-6,18H2,1-3H3;1H3. The maximum Gasteiger partial charge on any atom is 0.390 e. The van der Waals surface area contributed by atoms with E-state index in [9.17, 15) is 22.8 Å². The molecule has 0 unspecified atom stereocenters. The summed E-state index contributed by atoms with van der Waals surface area (Å²) in [6.07, 6.45) is -5.51. The predicted molar refractivity (Wildman–Crippen MR) is 89.1 cm³/mol. The second-order valence-corrected chi connectivity index (χ2v) is 6.69. The van der Waals surface area contributed by atoms with Crippen molar-refractivity contribution in [2.45, 2.75) is 52.5 Å². The van der Waals surface area contributed by atoms with Crippen molar-refractivity contribution < 1.29 is 13.2 Å². The van der Waals surface area contributed by atoms with Gasteiger partial charge in [-0.3, -0.25) is 13.9 Å². The highest BCUT2D eigenvalue weighted by atomic mass is 32.1. The highest BCUT2D eigenvalue weighted by molar-refractivity contribution is 7.18. The van der Waals surface area contributed by atoms with Gasteiger partial charge in [-0.2, -0.15) is 13.2 Å². The molecule has 0 saturated heterocycles. The fraction of sp³-hybridized carbons (Fsp3) is 0.571. The zero-order valence-electron chi connectivity index (χ0n) is 13.7. The summed E-state index contributed by atoms with van der Waals surface area (Å²) in [4.78, 5) is 26.0. The van der Waals surface area contributed by atoms with Crippen molar-refractivity contribution in [2.24, 2.45) is 5.73 Å². The van der Waals surface area contributed by atoms with Crippen molar-refractivity contribution in [2.75, 3.05) is 0 Å². The third-order valence-electron chi connectivity index (χ3n) is 3.66. The minimum absolute atomic E-state index is 0. The first-order valence-electron chi connectivity index (χ1n) is 7.12. The molecule has 2 heterocycles. The van der Waals surface area contributed by atoms with Gasteiger partial charge in [0.25, 0.3) is 5.56 Å². The molecule has 136 valence electrons. The molecule has 0 bridgehead atoms. The summed E-state index contributed by atoms with van der Waals surface area (Å²) in [5, 5.41) is 0.283. The fourth-order valence-corrected chi connectivity index (χ4v) is 3.69. The van der Waals surface area contributed by atoms with Crippen LogP contribution in [-0.4, -0.2) is 15.3 Å². The number of nitrogens with zero attached hydrogens (tertiary/aromatic N) is 2. The van der Waals surface area contributed by atoms with Crippen LogP contribution in [0.15, 0.2) is 9.59 Å². The van der Waals surface area contributed by atoms with Gasteiger partial charge in [-0.05, 0) is 26.3 Å². The number of halogens is 3. The molecular formula is C14H21F3N4O2S. The number of hydrogen-bond donors (Lipinski definition) is 2. The van der Waals surface area contributed by atoms with Gasteiger partial charge in [0.05, 0.1) is 11.8 Å². The highest BCUT2D eigenvalue weighted by Crippen LogP contribution is 2.29. The van der Waals surface area contributed by atoms with E-state index in [0.717, 1.165) is 20.5 Å². The van der Waals surface area contributed by atoms with E-state index in [1.807, 2.05) is 0 Å². The van der Waals surface area contributed by atoms with E-state index >= 15 is 0 Å². The van der Waals surface area contributed by atoms with E-state index in [1.54, 1.807) is 20.8 Å². The third kappa shape index (κ3) is 3.55. The second-order valence-electron chi connectivity index (χ2n) is 5.60. The van der Waals surface area contributed by atoms with Crippen LogP contribution in [0.3, 0.4) is 0 Å². The number of alkyl halides is 3. The Morgan fingerprint density at radius 2 is 1.83 bits per heavy atom. The average Bonchev–Trinajstić information content (AvgIpc) is 2.74. The van der Waals surface area contributed by atoms with Crippen LogP contribution in [0, 0.1) is 6.92 Å². The van der Waals surface area contributed by atoms with Gasteiger partial charge in [-0.15, -0.1) is 11.3 Å². The molecule has 2 aromatic heterocycles. The molecule has 6 nitrogen and oxygen atoms in total. The van der Waals surface area contributed by atoms with Gasteiger partial charge in [-0.1, -0.05) is 0 Å². The molecule has 0 spiro atoms. The van der Waals surface area contributed by atoms with Crippen LogP contribution in [0.4, 0.5) is 13.2 Å². The Hall–Kier alpha value is -1.65. The molecule has 5 N–H and O–H groups in total. The van der Waals surface area contributed by atoms with Crippen molar-refractivity contribution in [1.82, 2.24) is 15.3 Å². The Balaban J connectivity index is 0.00000288. The topological polar surface area (TPSA) is 105 Å². The monoisotopic (exact) mass is 366 g/mol. The zero-order valence-corrected chi connectivity index (χ0v) is 14.6. The van der Waals surface area contributed by atoms with Crippen molar-refractivity contribution in [3.8, 4) is 0 Å². The molecule has 0 amide bonds. The van der Waals surface area contributed by atoms with E-state index in [4.69, 9.17) is 5.73 Å². The molecule has 24 heavy (non-hydrogen) atoms. The lowest BCUT2D eigenvalue weighted by molar-refractivity contribution is -0.136. The van der Waals surface area contributed by atoms with Crippen LogP contribution in [0.1, 0.15) is 36.8 Å². The van der Waals surface area contributed by atoms with Gasteiger partial charge < -0.3 is 11.9 Å². The summed E-state index contributed by atoms with van der Waals surface area (Å²) < 4.78 is 39.7. The third-order valence-corrected chi connectivity index (χ3v) is 5.00. The molecule has 0 radical (unpaired) electrons. The number of fused-ring (bicyclic) bond motifs is 1. The Morgan fingerprint density at radius 3 is 2.29 bits per heavy atom. The molecule has 10 heteroatoms. The highest BCUT2D eigenvalue weighted by Gasteiger charge is 2.28. The quantitative estimate of drug-likeness (QED) is 0.868. The normalized spacial score (nSPS) is 12.0. The summed E-state index contributed by atoms with van der Waals surface area (Å²) >= 11 is 1.11. The second kappa shape index (κ2) is 7.08. The van der Waals surface area contributed by atoms with Gasteiger partial charge in [0.15, 0.2) is 0 Å². The SMILES string of the molecule is Cc1c(CN)sc2c1c(=O)n(C(C)C)c(=O)n2CCC(F)(F)F.N. The lowest BCUT2D eigenvalue weighted by atomic mass is 10.2. The van der Waals surface area contributed by atoms with Crippen LogP contribution in [0.25, 0.3) is 10.2 Å². The maximum absolute atomic E-state index is 12.6. The van der Waals surface area contributed by atoms with Crippen LogP contribution < -0.4 is 23.1 Å². The smallest absolute Gasteiger partial charge is 0.344 e. The maximum atomic E-state index is 12.6. The average molecular weight is 366 g/mol. The number of aromatic nitrogens is 2. The Kier molecular flexibility index (Phi) is 6.01. The molecule has 0 saturated carbocycles. The van der Waals surface area contributed by atoms with E-state index in [0.29, 0.717) is 10.4 Å². The number of aryl methyl sites for hydroxylation is 2. The minimum atomic E-state index is -4.38. The van der Waals surface area contributed by atoms with Crippen LogP contribution in [-0.2, 0) is 13.1 Å². The molecule has 0 fully saturated rings.